The fourth-order valence-corrected chi connectivity index (χ4v) is 4.49. The summed E-state index contributed by atoms with van der Waals surface area (Å²) >= 11 is 6.32. The summed E-state index contributed by atoms with van der Waals surface area (Å²) in [5.74, 6) is 0.942. The number of allylic oxidation sites excluding steroid dienone is 1. The maximum absolute atomic E-state index is 13.7. The maximum Gasteiger partial charge on any atom is 0.254 e. The number of rotatable bonds is 2. The molecule has 0 radical (unpaired) electrons. The van der Waals surface area contributed by atoms with Crippen molar-refractivity contribution in [2.45, 2.75) is 51.5 Å². The molecular weight excluding hydrogens is 386 g/mol. The van der Waals surface area contributed by atoms with Crippen LogP contribution in [0.15, 0.2) is 41.7 Å². The molecule has 0 bridgehead atoms. The highest BCUT2D eigenvalue weighted by molar-refractivity contribution is 6.33. The number of anilines is 2. The predicted octanol–water partition coefficient (Wildman–Crippen LogP) is 4.59. The number of hydrogen-bond acceptors (Lipinski definition) is 4. The first-order valence-electron chi connectivity index (χ1n) is 10.4. The van der Waals surface area contributed by atoms with Crippen LogP contribution in [0.4, 0.5) is 11.5 Å². The summed E-state index contributed by atoms with van der Waals surface area (Å²) in [5, 5.41) is 8.34. The van der Waals surface area contributed by atoms with Crippen LogP contribution in [0.3, 0.4) is 0 Å². The van der Waals surface area contributed by atoms with Gasteiger partial charge in [-0.2, -0.15) is 5.10 Å². The monoisotopic (exact) mass is 413 g/mol. The number of carbonyl (C=O) groups is 1. The fourth-order valence-electron chi connectivity index (χ4n) is 4.30. The Morgan fingerprint density at radius 2 is 1.83 bits per heavy atom. The zero-order valence-electron chi connectivity index (χ0n) is 16.8. The van der Waals surface area contributed by atoms with Crippen LogP contribution in [0, 0.1) is 0 Å². The Hall–Kier alpha value is -2.47. The number of fused-ring (bicyclic) bond motifs is 1. The molecule has 3 heterocycles. The number of amides is 1. The smallest absolute Gasteiger partial charge is 0.254 e. The van der Waals surface area contributed by atoms with Crippen LogP contribution in [0.5, 0.6) is 0 Å². The lowest BCUT2D eigenvalue weighted by Gasteiger charge is -2.33. The number of aromatic nitrogens is 2. The number of hydrogen-bond donors (Lipinski definition) is 2. The quantitative estimate of drug-likeness (QED) is 0.706. The SMILES string of the molecule is CC1=C(C(=O)N2CCCCCCCC2)C(c2ccc(N)c(Cl)c2)n2nccc2N1. The molecular formula is C22H28ClN5O. The van der Waals surface area contributed by atoms with Gasteiger partial charge in [-0.05, 0) is 37.5 Å². The largest absolute Gasteiger partial charge is 0.398 e. The van der Waals surface area contributed by atoms with E-state index < -0.39 is 0 Å². The molecule has 3 N–H and O–H groups in total. The van der Waals surface area contributed by atoms with E-state index in [-0.39, 0.29) is 11.9 Å². The molecule has 154 valence electrons. The van der Waals surface area contributed by atoms with E-state index in [1.807, 2.05) is 34.7 Å². The molecule has 1 unspecified atom stereocenters. The van der Waals surface area contributed by atoms with E-state index in [4.69, 9.17) is 17.3 Å². The molecule has 29 heavy (non-hydrogen) atoms. The van der Waals surface area contributed by atoms with Crippen molar-refractivity contribution in [3.05, 3.63) is 52.3 Å². The summed E-state index contributed by atoms with van der Waals surface area (Å²) in [6.45, 7) is 3.57. The van der Waals surface area contributed by atoms with Gasteiger partial charge in [0.15, 0.2) is 0 Å². The third-order valence-electron chi connectivity index (χ3n) is 5.87. The first-order valence-corrected chi connectivity index (χ1v) is 10.8. The van der Waals surface area contributed by atoms with Crippen molar-refractivity contribution in [2.24, 2.45) is 0 Å². The van der Waals surface area contributed by atoms with Crippen molar-refractivity contribution >= 4 is 29.0 Å². The molecule has 2 aromatic rings. The van der Waals surface area contributed by atoms with Crippen LogP contribution in [-0.2, 0) is 4.79 Å². The van der Waals surface area contributed by atoms with Gasteiger partial charge in [-0.3, -0.25) is 4.79 Å². The van der Waals surface area contributed by atoms with Crippen LogP contribution in [0.2, 0.25) is 5.02 Å². The summed E-state index contributed by atoms with van der Waals surface area (Å²) in [5.41, 5.74) is 8.94. The van der Waals surface area contributed by atoms with E-state index in [0.717, 1.165) is 48.6 Å². The van der Waals surface area contributed by atoms with Gasteiger partial charge >= 0.3 is 0 Å². The summed E-state index contributed by atoms with van der Waals surface area (Å²) in [6, 6.07) is 7.15. The second-order valence-corrected chi connectivity index (χ2v) is 8.33. The molecule has 1 fully saturated rings. The zero-order chi connectivity index (χ0) is 20.4. The summed E-state index contributed by atoms with van der Waals surface area (Å²) in [6.07, 6.45) is 8.73. The van der Waals surface area contributed by atoms with Crippen molar-refractivity contribution in [2.75, 3.05) is 24.1 Å². The predicted molar refractivity (Wildman–Crippen MR) is 117 cm³/mol. The number of nitrogen functional groups attached to an aromatic ring is 1. The molecule has 1 saturated heterocycles. The lowest BCUT2D eigenvalue weighted by molar-refractivity contribution is -0.127. The third kappa shape index (κ3) is 3.99. The van der Waals surface area contributed by atoms with E-state index in [2.05, 4.69) is 10.4 Å². The summed E-state index contributed by atoms with van der Waals surface area (Å²) < 4.78 is 1.86. The van der Waals surface area contributed by atoms with Crippen molar-refractivity contribution in [3.63, 3.8) is 0 Å². The molecule has 1 amide bonds. The number of halogens is 1. The van der Waals surface area contributed by atoms with Gasteiger partial charge in [0.1, 0.15) is 11.9 Å². The summed E-state index contributed by atoms with van der Waals surface area (Å²) in [4.78, 5) is 15.8. The van der Waals surface area contributed by atoms with Crippen molar-refractivity contribution < 1.29 is 4.79 Å². The van der Waals surface area contributed by atoms with Gasteiger partial charge in [-0.1, -0.05) is 43.4 Å². The molecule has 0 aliphatic carbocycles. The molecule has 2 aliphatic rings. The Bertz CT molecular complexity index is 925. The molecule has 1 atom stereocenters. The Morgan fingerprint density at radius 3 is 2.52 bits per heavy atom. The number of carbonyl (C=O) groups excluding carboxylic acids is 1. The summed E-state index contributed by atoms with van der Waals surface area (Å²) in [7, 11) is 0. The first kappa shape index (κ1) is 19.8. The van der Waals surface area contributed by atoms with Crippen LogP contribution < -0.4 is 11.1 Å². The number of nitrogens with one attached hydrogen (secondary N) is 1. The van der Waals surface area contributed by atoms with E-state index >= 15 is 0 Å². The third-order valence-corrected chi connectivity index (χ3v) is 6.20. The normalized spacial score (nSPS) is 20.3. The molecule has 4 rings (SSSR count). The van der Waals surface area contributed by atoms with Gasteiger partial charge in [0.2, 0.25) is 0 Å². The highest BCUT2D eigenvalue weighted by Crippen LogP contribution is 2.38. The Morgan fingerprint density at radius 1 is 1.14 bits per heavy atom. The minimum atomic E-state index is -0.334. The highest BCUT2D eigenvalue weighted by Gasteiger charge is 2.35. The van der Waals surface area contributed by atoms with Gasteiger partial charge in [0.25, 0.3) is 5.91 Å². The lowest BCUT2D eigenvalue weighted by Crippen LogP contribution is -2.39. The Kier molecular flexibility index (Phi) is 5.81. The van der Waals surface area contributed by atoms with Gasteiger partial charge < -0.3 is 16.0 Å². The molecule has 7 heteroatoms. The zero-order valence-corrected chi connectivity index (χ0v) is 17.6. The van der Waals surface area contributed by atoms with Crippen LogP contribution in [0.1, 0.15) is 57.1 Å². The van der Waals surface area contributed by atoms with Crippen molar-refractivity contribution in [1.29, 1.82) is 0 Å². The van der Waals surface area contributed by atoms with E-state index in [1.54, 1.807) is 12.3 Å². The van der Waals surface area contributed by atoms with Gasteiger partial charge in [-0.25, -0.2) is 4.68 Å². The highest BCUT2D eigenvalue weighted by atomic mass is 35.5. The van der Waals surface area contributed by atoms with Crippen LogP contribution in [-0.4, -0.2) is 33.7 Å². The Balaban J connectivity index is 1.74. The molecule has 0 saturated carbocycles. The van der Waals surface area contributed by atoms with Crippen LogP contribution >= 0.6 is 11.6 Å². The van der Waals surface area contributed by atoms with Crippen LogP contribution in [0.25, 0.3) is 0 Å². The second kappa shape index (κ2) is 8.49. The average molecular weight is 414 g/mol. The number of nitrogens with two attached hydrogens (primary N) is 1. The van der Waals surface area contributed by atoms with Gasteiger partial charge in [0.05, 0.1) is 22.5 Å². The molecule has 0 spiro atoms. The van der Waals surface area contributed by atoms with Gasteiger partial charge in [0, 0.05) is 24.9 Å². The second-order valence-electron chi connectivity index (χ2n) is 7.92. The number of nitrogens with zero attached hydrogens (tertiary/aromatic N) is 3. The first-order chi connectivity index (χ1) is 14.1. The standard InChI is InChI=1S/C22H28ClN5O/c1-15-20(22(29)27-12-6-4-2-3-5-7-13-27)21(28-19(26-15)10-11-25-28)16-8-9-18(24)17(23)14-16/h8-11,14,21,26H,2-7,12-13,24H2,1H3. The maximum atomic E-state index is 13.7. The lowest BCUT2D eigenvalue weighted by atomic mass is 9.94. The van der Waals surface area contributed by atoms with E-state index in [9.17, 15) is 4.79 Å². The number of benzene rings is 1. The molecule has 1 aromatic carbocycles. The Labute approximate surface area is 176 Å². The average Bonchev–Trinajstić information content (AvgIpc) is 3.21. The van der Waals surface area contributed by atoms with E-state index in [0.29, 0.717) is 10.7 Å². The fraction of sp³-hybridized carbons (Fsp3) is 0.455. The molecule has 6 nitrogen and oxygen atoms in total. The van der Waals surface area contributed by atoms with Crippen molar-refractivity contribution in [3.8, 4) is 0 Å². The molecule has 2 aliphatic heterocycles. The van der Waals surface area contributed by atoms with E-state index in [1.165, 1.54) is 25.7 Å². The van der Waals surface area contributed by atoms with Gasteiger partial charge in [-0.15, -0.1) is 0 Å². The van der Waals surface area contributed by atoms with Crippen molar-refractivity contribution in [1.82, 2.24) is 14.7 Å². The minimum Gasteiger partial charge on any atom is -0.398 e. The molecule has 1 aromatic heterocycles. The topological polar surface area (TPSA) is 76.2 Å². The minimum absolute atomic E-state index is 0.0796.